The molecule has 1 saturated heterocycles. The van der Waals surface area contributed by atoms with E-state index in [-0.39, 0.29) is 0 Å². The van der Waals surface area contributed by atoms with Crippen LogP contribution < -0.4 is 0 Å². The smallest absolute Gasteiger partial charge is 0.159 e. The molecule has 1 aliphatic heterocycles. The highest BCUT2D eigenvalue weighted by Gasteiger charge is 2.45. The van der Waals surface area contributed by atoms with E-state index >= 15 is 0 Å². The van der Waals surface area contributed by atoms with Crippen LogP contribution in [0.25, 0.3) is 0 Å². The summed E-state index contributed by atoms with van der Waals surface area (Å²) in [5.74, 6) is -0.891. The first kappa shape index (κ1) is 11.9. The molecular formula is C7H14O5S2. The van der Waals surface area contributed by atoms with Gasteiger partial charge in [0, 0.05) is 0 Å². The zero-order valence-electron chi connectivity index (χ0n) is 8.04. The molecule has 0 aromatic carbocycles. The average Bonchev–Trinajstić information content (AvgIpc) is 2.24. The van der Waals surface area contributed by atoms with Crippen LogP contribution in [-0.2, 0) is 19.7 Å². The highest BCUT2D eigenvalue weighted by atomic mass is 32.2. The standard InChI is InChI=1S/C7H14O5S2/c1-5(2)14(11,12)7-4-13(9,10)3-6(7)8/h5-8H,3-4H2,1-2H3/t6-,7-/m1/s1. The third kappa shape index (κ3) is 2.09. The van der Waals surface area contributed by atoms with Crippen LogP contribution in [0.3, 0.4) is 0 Å². The van der Waals surface area contributed by atoms with Gasteiger partial charge in [0.1, 0.15) is 5.25 Å². The minimum atomic E-state index is -3.53. The average molecular weight is 242 g/mol. The molecule has 1 fully saturated rings. The van der Waals surface area contributed by atoms with Crippen molar-refractivity contribution in [2.24, 2.45) is 0 Å². The van der Waals surface area contributed by atoms with Crippen LogP contribution >= 0.6 is 0 Å². The van der Waals surface area contributed by atoms with Gasteiger partial charge in [-0.3, -0.25) is 0 Å². The van der Waals surface area contributed by atoms with E-state index in [0.29, 0.717) is 0 Å². The number of hydrogen-bond donors (Lipinski definition) is 1. The van der Waals surface area contributed by atoms with Gasteiger partial charge in [0.05, 0.1) is 22.9 Å². The second kappa shape index (κ2) is 3.46. The predicted octanol–water partition coefficient (Wildman–Crippen LogP) is -1.03. The highest BCUT2D eigenvalue weighted by Crippen LogP contribution is 2.22. The molecule has 7 heteroatoms. The Labute approximate surface area is 84.0 Å². The molecule has 0 radical (unpaired) electrons. The molecule has 0 unspecified atom stereocenters. The van der Waals surface area contributed by atoms with E-state index < -0.39 is 47.8 Å². The second-order valence-electron chi connectivity index (χ2n) is 3.82. The zero-order chi connectivity index (χ0) is 11.1. The molecule has 1 rings (SSSR count). The van der Waals surface area contributed by atoms with E-state index in [4.69, 9.17) is 0 Å². The Morgan fingerprint density at radius 3 is 2.07 bits per heavy atom. The van der Waals surface area contributed by atoms with Crippen molar-refractivity contribution in [1.29, 1.82) is 0 Å². The lowest BCUT2D eigenvalue weighted by Gasteiger charge is -2.16. The predicted molar refractivity (Wildman–Crippen MR) is 52.5 cm³/mol. The molecule has 0 amide bonds. The van der Waals surface area contributed by atoms with Crippen LogP contribution in [0.1, 0.15) is 13.8 Å². The summed E-state index contributed by atoms with van der Waals surface area (Å²) in [5.41, 5.74) is 0. The zero-order valence-corrected chi connectivity index (χ0v) is 9.68. The van der Waals surface area contributed by atoms with Gasteiger partial charge in [-0.1, -0.05) is 0 Å². The Morgan fingerprint density at radius 2 is 1.79 bits per heavy atom. The minimum absolute atomic E-state index is 0.441. The van der Waals surface area contributed by atoms with Gasteiger partial charge >= 0.3 is 0 Å². The van der Waals surface area contributed by atoms with E-state index in [1.165, 1.54) is 13.8 Å². The fraction of sp³-hybridized carbons (Fsp3) is 1.00. The van der Waals surface area contributed by atoms with Gasteiger partial charge in [-0.15, -0.1) is 0 Å². The van der Waals surface area contributed by atoms with Crippen molar-refractivity contribution in [3.8, 4) is 0 Å². The van der Waals surface area contributed by atoms with Crippen molar-refractivity contribution in [2.45, 2.75) is 30.5 Å². The Morgan fingerprint density at radius 1 is 1.29 bits per heavy atom. The molecule has 14 heavy (non-hydrogen) atoms. The van der Waals surface area contributed by atoms with Crippen molar-refractivity contribution >= 4 is 19.7 Å². The molecule has 1 heterocycles. The molecule has 5 nitrogen and oxygen atoms in total. The summed E-state index contributed by atoms with van der Waals surface area (Å²) in [7, 11) is -6.92. The fourth-order valence-electron chi connectivity index (χ4n) is 1.46. The Balaban J connectivity index is 3.04. The van der Waals surface area contributed by atoms with Gasteiger partial charge in [0.15, 0.2) is 19.7 Å². The topological polar surface area (TPSA) is 88.5 Å². The minimum Gasteiger partial charge on any atom is -0.391 e. The van der Waals surface area contributed by atoms with Gasteiger partial charge in [-0.05, 0) is 13.8 Å². The number of rotatable bonds is 2. The van der Waals surface area contributed by atoms with Gasteiger partial charge in [-0.2, -0.15) is 0 Å². The third-order valence-corrected chi connectivity index (χ3v) is 6.92. The summed E-state index contributed by atoms with van der Waals surface area (Å²) in [6.07, 6.45) is -1.27. The van der Waals surface area contributed by atoms with Crippen LogP contribution in [0.15, 0.2) is 0 Å². The summed E-state index contributed by atoms with van der Waals surface area (Å²) in [4.78, 5) is 0. The van der Waals surface area contributed by atoms with Crippen molar-refractivity contribution in [3.05, 3.63) is 0 Å². The van der Waals surface area contributed by atoms with E-state index in [1.54, 1.807) is 0 Å². The molecule has 1 N–H and O–H groups in total. The normalized spacial score (nSPS) is 32.3. The molecule has 0 aromatic heterocycles. The summed E-state index contributed by atoms with van der Waals surface area (Å²) in [6.45, 7) is 2.96. The van der Waals surface area contributed by atoms with Crippen LogP contribution in [0.2, 0.25) is 0 Å². The maximum Gasteiger partial charge on any atom is 0.159 e. The lowest BCUT2D eigenvalue weighted by atomic mass is 10.3. The molecule has 0 spiro atoms. The number of hydrogen-bond acceptors (Lipinski definition) is 5. The third-order valence-electron chi connectivity index (χ3n) is 2.35. The van der Waals surface area contributed by atoms with E-state index in [1.807, 2.05) is 0 Å². The summed E-state index contributed by atoms with van der Waals surface area (Å²) in [5, 5.41) is 7.55. The lowest BCUT2D eigenvalue weighted by molar-refractivity contribution is 0.204. The Kier molecular flexibility index (Phi) is 2.95. The molecule has 84 valence electrons. The summed E-state index contributed by atoms with van der Waals surface area (Å²) in [6, 6.07) is 0. The SMILES string of the molecule is CC(C)S(=O)(=O)[C@@H]1CS(=O)(=O)C[C@H]1O. The quantitative estimate of drug-likeness (QED) is 0.668. The van der Waals surface area contributed by atoms with Crippen LogP contribution in [0.5, 0.6) is 0 Å². The number of aliphatic hydroxyl groups excluding tert-OH is 1. The van der Waals surface area contributed by atoms with Crippen molar-refractivity contribution in [3.63, 3.8) is 0 Å². The van der Waals surface area contributed by atoms with Gasteiger partial charge in [0.2, 0.25) is 0 Å². The summed E-state index contributed by atoms with van der Waals surface area (Å²) >= 11 is 0. The molecule has 0 aromatic rings. The Bertz CT molecular complexity index is 405. The van der Waals surface area contributed by atoms with Gasteiger partial charge in [0.25, 0.3) is 0 Å². The van der Waals surface area contributed by atoms with E-state index in [9.17, 15) is 21.9 Å². The summed E-state index contributed by atoms with van der Waals surface area (Å²) < 4.78 is 45.4. The maximum atomic E-state index is 11.6. The van der Waals surface area contributed by atoms with Crippen LogP contribution in [0.4, 0.5) is 0 Å². The maximum absolute atomic E-state index is 11.6. The molecule has 0 bridgehead atoms. The lowest BCUT2D eigenvalue weighted by Crippen LogP contribution is -2.37. The van der Waals surface area contributed by atoms with Crippen LogP contribution in [0, 0.1) is 0 Å². The monoisotopic (exact) mass is 242 g/mol. The van der Waals surface area contributed by atoms with E-state index in [0.717, 1.165) is 0 Å². The second-order valence-corrected chi connectivity index (χ2v) is 8.70. The number of aliphatic hydroxyl groups is 1. The molecule has 2 atom stereocenters. The first-order chi connectivity index (χ1) is 6.17. The molecule has 1 aliphatic rings. The van der Waals surface area contributed by atoms with E-state index in [2.05, 4.69) is 0 Å². The molecule has 0 saturated carbocycles. The molecule has 0 aliphatic carbocycles. The molecular weight excluding hydrogens is 228 g/mol. The van der Waals surface area contributed by atoms with Crippen molar-refractivity contribution in [2.75, 3.05) is 11.5 Å². The number of sulfone groups is 2. The fourth-order valence-corrected chi connectivity index (χ4v) is 5.81. The largest absolute Gasteiger partial charge is 0.391 e. The highest BCUT2D eigenvalue weighted by molar-refractivity contribution is 7.96. The van der Waals surface area contributed by atoms with Gasteiger partial charge < -0.3 is 5.11 Å². The van der Waals surface area contributed by atoms with Crippen molar-refractivity contribution in [1.82, 2.24) is 0 Å². The van der Waals surface area contributed by atoms with Crippen molar-refractivity contribution < 1.29 is 21.9 Å². The first-order valence-corrected chi connectivity index (χ1v) is 7.71. The Hall–Kier alpha value is -0.140. The van der Waals surface area contributed by atoms with Gasteiger partial charge in [-0.25, -0.2) is 16.8 Å². The first-order valence-electron chi connectivity index (χ1n) is 4.28. The van der Waals surface area contributed by atoms with Crippen LogP contribution in [-0.4, -0.2) is 50.1 Å².